The number of ketones is 1. The van der Waals surface area contributed by atoms with Crippen LogP contribution in [0.4, 0.5) is 0 Å². The zero-order valence-electron chi connectivity index (χ0n) is 20.7. The molecule has 1 aliphatic heterocycles. The molecule has 1 aliphatic carbocycles. The molecule has 1 fully saturated rings. The van der Waals surface area contributed by atoms with E-state index in [1.165, 1.54) is 40.2 Å². The molecule has 2 heterocycles. The first kappa shape index (κ1) is 24.5. The molecule has 3 N–H and O–H groups in total. The summed E-state index contributed by atoms with van der Waals surface area (Å²) in [6, 6.07) is 6.27. The van der Waals surface area contributed by atoms with Gasteiger partial charge in [0.1, 0.15) is 17.3 Å². The van der Waals surface area contributed by atoms with Crippen LogP contribution in [0.5, 0.6) is 11.5 Å². The summed E-state index contributed by atoms with van der Waals surface area (Å²) in [6.45, 7) is 4.12. The molecule has 0 amide bonds. The van der Waals surface area contributed by atoms with Crippen molar-refractivity contribution in [3.63, 3.8) is 0 Å². The summed E-state index contributed by atoms with van der Waals surface area (Å²) in [4.78, 5) is 25.9. The fourth-order valence-electron chi connectivity index (χ4n) is 5.79. The number of hydrogen-bond acceptors (Lipinski definition) is 9. The number of carbonyl (C=O) groups excluding carboxylic acids is 1. The topological polar surface area (TPSA) is 136 Å². The molecule has 4 atom stereocenters. The van der Waals surface area contributed by atoms with Crippen LogP contribution in [-0.4, -0.2) is 53.6 Å². The molecule has 2 aromatic carbocycles. The highest BCUT2D eigenvalue weighted by atomic mass is 16.5. The number of benzene rings is 2. The van der Waals surface area contributed by atoms with Crippen LogP contribution < -0.4 is 10.4 Å². The second-order valence-electron chi connectivity index (χ2n) is 9.57. The molecule has 0 spiro atoms. The molecule has 1 saturated heterocycles. The average Bonchev–Trinajstić information content (AvgIpc) is 3.09. The zero-order chi connectivity index (χ0) is 26.2. The lowest BCUT2D eigenvalue weighted by molar-refractivity contribution is -0.166. The second kappa shape index (κ2) is 8.14. The van der Waals surface area contributed by atoms with E-state index in [1.54, 1.807) is 12.1 Å². The van der Waals surface area contributed by atoms with Gasteiger partial charge in [-0.3, -0.25) is 4.79 Å². The highest BCUT2D eigenvalue weighted by molar-refractivity contribution is 5.96. The van der Waals surface area contributed by atoms with Crippen molar-refractivity contribution in [2.45, 2.75) is 50.6 Å². The van der Waals surface area contributed by atoms with E-state index in [0.29, 0.717) is 22.1 Å². The Bertz CT molecular complexity index is 1470. The van der Waals surface area contributed by atoms with Crippen LogP contribution in [0, 0.1) is 6.92 Å². The third-order valence-corrected chi connectivity index (χ3v) is 7.65. The van der Waals surface area contributed by atoms with Gasteiger partial charge in [-0.1, -0.05) is 6.07 Å². The largest absolute Gasteiger partial charge is 0.508 e. The summed E-state index contributed by atoms with van der Waals surface area (Å²) in [5.41, 5.74) is -3.21. The van der Waals surface area contributed by atoms with Gasteiger partial charge in [-0.05, 0) is 44.5 Å². The normalized spacial score (nSPS) is 27.1. The van der Waals surface area contributed by atoms with E-state index >= 15 is 0 Å². The maximum absolute atomic E-state index is 13.2. The zero-order valence-corrected chi connectivity index (χ0v) is 20.7. The van der Waals surface area contributed by atoms with Gasteiger partial charge in [0, 0.05) is 41.2 Å². The summed E-state index contributed by atoms with van der Waals surface area (Å²) in [6.07, 6.45) is -1.47. The van der Waals surface area contributed by atoms with E-state index in [4.69, 9.17) is 18.6 Å². The quantitative estimate of drug-likeness (QED) is 0.498. The fraction of sp³-hybridized carbons (Fsp3) is 0.407. The van der Waals surface area contributed by atoms with E-state index in [2.05, 4.69) is 0 Å². The predicted molar refractivity (Wildman–Crippen MR) is 129 cm³/mol. The molecule has 9 heteroatoms. The number of ether oxygens (including phenoxy) is 3. The van der Waals surface area contributed by atoms with E-state index in [-0.39, 0.29) is 34.6 Å². The van der Waals surface area contributed by atoms with Crippen molar-refractivity contribution in [2.75, 3.05) is 20.8 Å². The number of phenolic OH excluding ortho intramolecular Hbond substituents is 1. The summed E-state index contributed by atoms with van der Waals surface area (Å²) in [5.74, 6) is -0.270. The minimum atomic E-state index is -2.29. The van der Waals surface area contributed by atoms with Crippen molar-refractivity contribution in [3.8, 4) is 22.8 Å². The second-order valence-corrected chi connectivity index (χ2v) is 9.57. The maximum Gasteiger partial charge on any atom is 0.344 e. The van der Waals surface area contributed by atoms with Gasteiger partial charge in [0.05, 0.1) is 31.3 Å². The molecule has 5 rings (SSSR count). The number of phenols is 1. The molecular weight excluding hydrogens is 468 g/mol. The summed E-state index contributed by atoms with van der Waals surface area (Å²) >= 11 is 0. The minimum Gasteiger partial charge on any atom is -0.508 e. The smallest absolute Gasteiger partial charge is 0.344 e. The molecule has 0 bridgehead atoms. The number of Topliss-reactive ketones (excluding diaryl/α,β-unsaturated/α-hetero) is 1. The number of aryl methyl sites for hydroxylation is 1. The molecule has 0 saturated carbocycles. The van der Waals surface area contributed by atoms with Gasteiger partial charge >= 0.3 is 5.63 Å². The molecule has 190 valence electrons. The van der Waals surface area contributed by atoms with Crippen LogP contribution in [0.3, 0.4) is 0 Å². The summed E-state index contributed by atoms with van der Waals surface area (Å²) in [5, 5.41) is 35.1. The highest BCUT2D eigenvalue weighted by Gasteiger charge is 2.64. The molecule has 1 aromatic heterocycles. The van der Waals surface area contributed by atoms with E-state index in [9.17, 15) is 24.9 Å². The van der Waals surface area contributed by atoms with Gasteiger partial charge in [0.25, 0.3) is 0 Å². The van der Waals surface area contributed by atoms with Crippen molar-refractivity contribution >= 4 is 16.6 Å². The number of hydrogen-bond donors (Lipinski definition) is 3. The Kier molecular flexibility index (Phi) is 5.53. The number of methoxy groups -OCH3 is 2. The molecule has 2 aliphatic rings. The van der Waals surface area contributed by atoms with Crippen molar-refractivity contribution in [3.05, 3.63) is 56.9 Å². The van der Waals surface area contributed by atoms with Gasteiger partial charge < -0.3 is 33.9 Å². The number of fused-ring (bicyclic) bond motifs is 5. The molecular formula is C27H28O9. The highest BCUT2D eigenvalue weighted by Crippen LogP contribution is 2.54. The van der Waals surface area contributed by atoms with Gasteiger partial charge in [-0.15, -0.1) is 0 Å². The maximum atomic E-state index is 13.2. The van der Waals surface area contributed by atoms with E-state index < -0.39 is 41.4 Å². The first-order valence-corrected chi connectivity index (χ1v) is 11.6. The molecule has 0 radical (unpaired) electrons. The van der Waals surface area contributed by atoms with Crippen molar-refractivity contribution in [1.29, 1.82) is 0 Å². The summed E-state index contributed by atoms with van der Waals surface area (Å²) < 4.78 is 22.8. The lowest BCUT2D eigenvalue weighted by Gasteiger charge is -2.39. The molecule has 36 heavy (non-hydrogen) atoms. The standard InChI is InChI=1S/C27H28O9/c1-12-8-16-21(19(9-12)33-4)15-10-20(34-5)23-18(29)7-6-17(22(23)24(15)36-25(16)30)26(31)11-35-14(3)27(26,32)13(2)28/h6-9,14,20,29,31-32H,10-11H2,1-5H3. The third kappa shape index (κ3) is 3.03. The van der Waals surface area contributed by atoms with Crippen LogP contribution in [0.25, 0.3) is 22.1 Å². The van der Waals surface area contributed by atoms with E-state index in [0.717, 1.165) is 5.56 Å². The van der Waals surface area contributed by atoms with Crippen LogP contribution >= 0.6 is 0 Å². The average molecular weight is 497 g/mol. The van der Waals surface area contributed by atoms with Gasteiger partial charge in [0.2, 0.25) is 0 Å². The van der Waals surface area contributed by atoms with Gasteiger partial charge in [0.15, 0.2) is 17.0 Å². The summed E-state index contributed by atoms with van der Waals surface area (Å²) in [7, 11) is 2.99. The monoisotopic (exact) mass is 496 g/mol. The first-order chi connectivity index (χ1) is 17.0. The molecule has 3 aromatic rings. The predicted octanol–water partition coefficient (Wildman–Crippen LogP) is 2.65. The lowest BCUT2D eigenvalue weighted by atomic mass is 9.70. The van der Waals surface area contributed by atoms with Crippen LogP contribution in [0.1, 0.15) is 42.2 Å². The Balaban J connectivity index is 1.94. The van der Waals surface area contributed by atoms with E-state index in [1.807, 2.05) is 6.92 Å². The third-order valence-electron chi connectivity index (χ3n) is 7.65. The molecule has 4 unspecified atom stereocenters. The Morgan fingerprint density at radius 3 is 2.56 bits per heavy atom. The number of aliphatic hydroxyl groups is 2. The molecule has 9 nitrogen and oxygen atoms in total. The first-order valence-electron chi connectivity index (χ1n) is 11.6. The fourth-order valence-corrected chi connectivity index (χ4v) is 5.79. The van der Waals surface area contributed by atoms with Crippen LogP contribution in [0.15, 0.2) is 33.5 Å². The van der Waals surface area contributed by atoms with Gasteiger partial charge in [-0.2, -0.15) is 0 Å². The lowest BCUT2D eigenvalue weighted by Crippen LogP contribution is -2.58. The Morgan fingerprint density at radius 2 is 1.92 bits per heavy atom. The Morgan fingerprint density at radius 1 is 1.19 bits per heavy atom. The van der Waals surface area contributed by atoms with Crippen LogP contribution in [-0.2, 0) is 26.3 Å². The Labute approximate surface area is 206 Å². The van der Waals surface area contributed by atoms with Crippen molar-refractivity contribution < 1.29 is 38.7 Å². The van der Waals surface area contributed by atoms with Crippen LogP contribution in [0.2, 0.25) is 0 Å². The number of aromatic hydroxyl groups is 1. The van der Waals surface area contributed by atoms with Crippen molar-refractivity contribution in [2.24, 2.45) is 0 Å². The minimum absolute atomic E-state index is 0.0777. The Hall–Kier alpha value is -3.24. The van der Waals surface area contributed by atoms with Gasteiger partial charge in [-0.25, -0.2) is 4.79 Å². The number of rotatable bonds is 4. The number of carbonyl (C=O) groups is 1. The SMILES string of the molecule is COc1cc(C)cc2c(=O)oc3c(c12)CC(OC)c1c(O)ccc(C2(O)COC(C)C2(O)C(C)=O)c1-3. The van der Waals surface area contributed by atoms with Crippen molar-refractivity contribution in [1.82, 2.24) is 0 Å².